The van der Waals surface area contributed by atoms with Crippen molar-refractivity contribution in [2.24, 2.45) is 0 Å². The van der Waals surface area contributed by atoms with Crippen LogP contribution < -0.4 is 4.74 Å². The lowest BCUT2D eigenvalue weighted by Crippen LogP contribution is -2.17. The molecule has 152 valence electrons. The molecule has 0 aliphatic carbocycles. The van der Waals surface area contributed by atoms with Crippen molar-refractivity contribution in [3.63, 3.8) is 0 Å². The monoisotopic (exact) mass is 397 g/mol. The number of benzene rings is 1. The maximum atomic E-state index is 12.0. The van der Waals surface area contributed by atoms with E-state index in [4.69, 9.17) is 23.6 Å². The van der Waals surface area contributed by atoms with Gasteiger partial charge in [0.05, 0.1) is 30.0 Å². The van der Waals surface area contributed by atoms with Crippen molar-refractivity contribution in [2.45, 2.75) is 46.3 Å². The lowest BCUT2D eigenvalue weighted by molar-refractivity contribution is 0.0705. The maximum absolute atomic E-state index is 12.0. The van der Waals surface area contributed by atoms with E-state index in [1.807, 2.05) is 12.1 Å². The molecule has 0 aliphatic rings. The predicted octanol–water partition coefficient (Wildman–Crippen LogP) is 4.88. The van der Waals surface area contributed by atoms with Crippen molar-refractivity contribution in [2.75, 3.05) is 7.11 Å². The smallest absolute Gasteiger partial charge is 0.441 e. The fourth-order valence-corrected chi connectivity index (χ4v) is 3.44. The Balaban J connectivity index is 1.95. The van der Waals surface area contributed by atoms with Gasteiger partial charge < -0.3 is 23.6 Å². The molecule has 0 saturated heterocycles. The van der Waals surface area contributed by atoms with Crippen LogP contribution in [0.1, 0.15) is 38.6 Å². The summed E-state index contributed by atoms with van der Waals surface area (Å²) in [4.78, 5) is 24.4. The molecule has 8 heteroatoms. The molecule has 4 aromatic rings. The van der Waals surface area contributed by atoms with Crippen LogP contribution in [0.5, 0.6) is 5.88 Å². The summed E-state index contributed by atoms with van der Waals surface area (Å²) in [5, 5.41) is 1.73. The van der Waals surface area contributed by atoms with E-state index >= 15 is 0 Å². The third-order valence-corrected chi connectivity index (χ3v) is 4.53. The first kappa shape index (κ1) is 19.2. The van der Waals surface area contributed by atoms with E-state index in [9.17, 15) is 4.79 Å². The molecular weight excluding hydrogens is 374 g/mol. The standard InChI is InChI=1S/C21H23N3O5/c1-5-6-16-24-19-15(28-16)8-7-13-18(19)17-12(10-26-4)20(22-9-14(17)23-13)29-21(25)27-11(2)3/h7-9,11,23H,5-6,10H2,1-4H3. The molecule has 1 N–H and O–H groups in total. The van der Waals surface area contributed by atoms with Gasteiger partial charge in [0.25, 0.3) is 0 Å². The summed E-state index contributed by atoms with van der Waals surface area (Å²) >= 11 is 0. The molecule has 0 radical (unpaired) electrons. The Morgan fingerprint density at radius 1 is 1.24 bits per heavy atom. The van der Waals surface area contributed by atoms with E-state index in [2.05, 4.69) is 16.9 Å². The first-order valence-electron chi connectivity index (χ1n) is 9.60. The number of nitrogens with zero attached hydrogens (tertiary/aromatic N) is 2. The average Bonchev–Trinajstić information content (AvgIpc) is 3.23. The molecule has 0 saturated carbocycles. The summed E-state index contributed by atoms with van der Waals surface area (Å²) in [6, 6.07) is 3.85. The van der Waals surface area contributed by atoms with E-state index in [0.717, 1.165) is 40.2 Å². The van der Waals surface area contributed by atoms with Crippen LogP contribution in [0.25, 0.3) is 32.9 Å². The molecule has 3 heterocycles. The second kappa shape index (κ2) is 7.71. The summed E-state index contributed by atoms with van der Waals surface area (Å²) in [6.45, 7) is 5.79. The minimum atomic E-state index is -0.805. The molecule has 1 aromatic carbocycles. The zero-order valence-electron chi connectivity index (χ0n) is 16.9. The molecule has 4 rings (SSSR count). The van der Waals surface area contributed by atoms with Gasteiger partial charge >= 0.3 is 6.16 Å². The molecule has 3 aromatic heterocycles. The number of fused-ring (bicyclic) bond motifs is 5. The number of hydrogen-bond acceptors (Lipinski definition) is 7. The van der Waals surface area contributed by atoms with E-state index in [-0.39, 0.29) is 18.6 Å². The fourth-order valence-electron chi connectivity index (χ4n) is 3.44. The highest BCUT2D eigenvalue weighted by Gasteiger charge is 2.21. The minimum Gasteiger partial charge on any atom is -0.441 e. The van der Waals surface area contributed by atoms with Gasteiger partial charge in [-0.25, -0.2) is 14.8 Å². The number of nitrogens with one attached hydrogen (secondary N) is 1. The number of aryl methyl sites for hydroxylation is 1. The lowest BCUT2D eigenvalue weighted by Gasteiger charge is -2.11. The number of hydrogen-bond donors (Lipinski definition) is 1. The van der Waals surface area contributed by atoms with Crippen molar-refractivity contribution in [3.8, 4) is 5.88 Å². The highest BCUT2D eigenvalue weighted by molar-refractivity contribution is 6.19. The van der Waals surface area contributed by atoms with Crippen LogP contribution >= 0.6 is 0 Å². The third-order valence-electron chi connectivity index (χ3n) is 4.53. The highest BCUT2D eigenvalue weighted by atomic mass is 16.7. The van der Waals surface area contributed by atoms with Gasteiger partial charge in [-0.1, -0.05) is 6.92 Å². The van der Waals surface area contributed by atoms with Crippen molar-refractivity contribution >= 4 is 39.1 Å². The van der Waals surface area contributed by atoms with E-state index in [1.54, 1.807) is 27.2 Å². The van der Waals surface area contributed by atoms with Crippen LogP contribution in [0.4, 0.5) is 4.79 Å². The maximum Gasteiger partial charge on any atom is 0.515 e. The van der Waals surface area contributed by atoms with Crippen LogP contribution in [-0.4, -0.2) is 34.3 Å². The summed E-state index contributed by atoms with van der Waals surface area (Å²) < 4.78 is 21.8. The van der Waals surface area contributed by atoms with Gasteiger partial charge in [0.15, 0.2) is 11.5 Å². The normalized spacial score (nSPS) is 11.8. The quantitative estimate of drug-likeness (QED) is 0.463. The zero-order valence-corrected chi connectivity index (χ0v) is 16.9. The number of H-pyrrole nitrogens is 1. The number of carbonyl (C=O) groups excluding carboxylic acids is 1. The molecule has 0 atom stereocenters. The number of pyridine rings is 1. The number of ether oxygens (including phenoxy) is 3. The molecule has 29 heavy (non-hydrogen) atoms. The first-order valence-corrected chi connectivity index (χ1v) is 9.60. The van der Waals surface area contributed by atoms with Gasteiger partial charge in [-0.2, -0.15) is 0 Å². The van der Waals surface area contributed by atoms with Crippen LogP contribution in [0, 0.1) is 0 Å². The van der Waals surface area contributed by atoms with E-state index in [1.165, 1.54) is 0 Å². The molecule has 0 spiro atoms. The molecule has 8 nitrogen and oxygen atoms in total. The summed E-state index contributed by atoms with van der Waals surface area (Å²) in [5.41, 5.74) is 3.80. The first-order chi connectivity index (χ1) is 14.0. The Kier molecular flexibility index (Phi) is 5.10. The number of aromatic nitrogens is 3. The Morgan fingerprint density at radius 2 is 2.07 bits per heavy atom. The van der Waals surface area contributed by atoms with Crippen molar-refractivity contribution < 1.29 is 23.4 Å². The van der Waals surface area contributed by atoms with Crippen molar-refractivity contribution in [1.82, 2.24) is 15.0 Å². The van der Waals surface area contributed by atoms with Crippen molar-refractivity contribution in [1.29, 1.82) is 0 Å². The molecule has 0 bridgehead atoms. The van der Waals surface area contributed by atoms with Gasteiger partial charge in [0.1, 0.15) is 5.52 Å². The Labute approximate surface area is 167 Å². The van der Waals surface area contributed by atoms with Gasteiger partial charge in [-0.15, -0.1) is 0 Å². The average molecular weight is 397 g/mol. The summed E-state index contributed by atoms with van der Waals surface area (Å²) in [6.07, 6.45) is 2.24. The number of oxazole rings is 1. The molecular formula is C21H23N3O5. The number of aromatic amines is 1. The van der Waals surface area contributed by atoms with E-state index < -0.39 is 6.16 Å². The van der Waals surface area contributed by atoms with Crippen molar-refractivity contribution in [3.05, 3.63) is 29.8 Å². The second-order valence-corrected chi connectivity index (χ2v) is 7.10. The highest BCUT2D eigenvalue weighted by Crippen LogP contribution is 2.37. The Bertz CT molecular complexity index is 1190. The molecule has 0 aliphatic heterocycles. The minimum absolute atomic E-state index is 0.153. The van der Waals surface area contributed by atoms with Gasteiger partial charge in [-0.05, 0) is 32.4 Å². The summed E-state index contributed by atoms with van der Waals surface area (Å²) in [7, 11) is 1.58. The van der Waals surface area contributed by atoms with Gasteiger partial charge in [0, 0.05) is 29.8 Å². The van der Waals surface area contributed by atoms with Crippen LogP contribution in [0.15, 0.2) is 22.7 Å². The van der Waals surface area contributed by atoms with E-state index in [0.29, 0.717) is 17.0 Å². The number of methoxy groups -OCH3 is 1. The van der Waals surface area contributed by atoms with Gasteiger partial charge in [-0.3, -0.25) is 0 Å². The topological polar surface area (TPSA) is 99.5 Å². The van der Waals surface area contributed by atoms with Crippen LogP contribution in [0.2, 0.25) is 0 Å². The molecule has 0 fully saturated rings. The Morgan fingerprint density at radius 3 is 2.79 bits per heavy atom. The van der Waals surface area contributed by atoms with Crippen LogP contribution in [-0.2, 0) is 22.5 Å². The Hall–Kier alpha value is -3.13. The number of rotatable bonds is 6. The SMILES string of the molecule is CCCc1nc2c(ccc3[nH]c4cnc(OC(=O)OC(C)C)c(COC)c4c32)o1. The third kappa shape index (κ3) is 3.51. The molecule has 0 unspecified atom stereocenters. The van der Waals surface area contributed by atoms with Crippen LogP contribution in [0.3, 0.4) is 0 Å². The number of carbonyl (C=O) groups is 1. The fraction of sp³-hybridized carbons (Fsp3) is 0.381. The second-order valence-electron chi connectivity index (χ2n) is 7.10. The lowest BCUT2D eigenvalue weighted by atomic mass is 10.1. The predicted molar refractivity (Wildman–Crippen MR) is 108 cm³/mol. The largest absolute Gasteiger partial charge is 0.515 e. The van der Waals surface area contributed by atoms with Gasteiger partial charge in [0.2, 0.25) is 5.88 Å². The zero-order chi connectivity index (χ0) is 20.5. The summed E-state index contributed by atoms with van der Waals surface area (Å²) in [5.74, 6) is 0.851. The molecule has 0 amide bonds.